The Morgan fingerprint density at radius 1 is 1.32 bits per heavy atom. The van der Waals surface area contributed by atoms with Crippen molar-refractivity contribution >= 4 is 17.2 Å². The molecule has 2 aromatic rings. The summed E-state index contributed by atoms with van der Waals surface area (Å²) in [6, 6.07) is 10.6. The van der Waals surface area contributed by atoms with E-state index in [0.717, 1.165) is 25.9 Å². The van der Waals surface area contributed by atoms with Crippen LogP contribution >= 0.6 is 11.3 Å². The number of piperidine rings is 1. The summed E-state index contributed by atoms with van der Waals surface area (Å²) in [5, 5.41) is 3.12. The lowest BCUT2D eigenvalue weighted by Crippen LogP contribution is -2.48. The molecule has 0 unspecified atom stereocenters. The lowest BCUT2D eigenvalue weighted by molar-refractivity contribution is 0.0931. The number of benzene rings is 1. The van der Waals surface area contributed by atoms with Crippen molar-refractivity contribution in [2.24, 2.45) is 0 Å². The number of carbonyl (C=O) groups is 1. The van der Waals surface area contributed by atoms with E-state index in [2.05, 4.69) is 46.5 Å². The third kappa shape index (κ3) is 3.20. The predicted molar refractivity (Wildman–Crippen MR) is 89.3 cm³/mol. The minimum absolute atomic E-state index is 0.0169. The average Bonchev–Trinajstić information content (AvgIpc) is 3.10. The van der Waals surface area contributed by atoms with E-state index in [4.69, 9.17) is 0 Å². The Kier molecular flexibility index (Phi) is 4.55. The molecule has 1 aliphatic heterocycles. The molecular weight excluding hydrogens is 294 g/mol. The van der Waals surface area contributed by atoms with Crippen molar-refractivity contribution in [3.63, 3.8) is 0 Å². The van der Waals surface area contributed by atoms with E-state index in [0.29, 0.717) is 11.4 Å². The quantitative estimate of drug-likeness (QED) is 0.943. The monoisotopic (exact) mass is 315 g/mol. The molecule has 0 aliphatic carbocycles. The van der Waals surface area contributed by atoms with Crippen molar-refractivity contribution in [3.05, 3.63) is 52.5 Å². The molecule has 4 nitrogen and oxygen atoms in total. The van der Waals surface area contributed by atoms with Gasteiger partial charge in [0.15, 0.2) is 0 Å². The van der Waals surface area contributed by atoms with Crippen molar-refractivity contribution in [1.29, 1.82) is 0 Å². The van der Waals surface area contributed by atoms with Crippen LogP contribution in [-0.2, 0) is 5.41 Å². The Morgan fingerprint density at radius 2 is 2.05 bits per heavy atom. The van der Waals surface area contributed by atoms with Gasteiger partial charge in [0, 0.05) is 12.0 Å². The number of carbonyl (C=O) groups excluding carboxylic acids is 1. The summed E-state index contributed by atoms with van der Waals surface area (Å²) in [6.07, 6.45) is 3.76. The van der Waals surface area contributed by atoms with Crippen LogP contribution in [0.3, 0.4) is 0 Å². The molecule has 116 valence electrons. The second-order valence-corrected chi connectivity index (χ2v) is 6.88. The van der Waals surface area contributed by atoms with Crippen molar-refractivity contribution in [1.82, 2.24) is 15.2 Å². The van der Waals surface area contributed by atoms with Crippen LogP contribution in [0.2, 0.25) is 0 Å². The lowest BCUT2D eigenvalue weighted by atomic mass is 9.72. The fourth-order valence-corrected chi connectivity index (χ4v) is 3.61. The summed E-state index contributed by atoms with van der Waals surface area (Å²) in [5.74, 6) is -0.0169. The van der Waals surface area contributed by atoms with Gasteiger partial charge in [0.1, 0.15) is 4.88 Å². The van der Waals surface area contributed by atoms with Crippen molar-refractivity contribution in [3.8, 4) is 0 Å². The molecule has 0 atom stereocenters. The number of nitrogens with one attached hydrogen (secondary N) is 1. The molecule has 0 radical (unpaired) electrons. The molecule has 1 N–H and O–H groups in total. The summed E-state index contributed by atoms with van der Waals surface area (Å²) in [5.41, 5.74) is 3.05. The van der Waals surface area contributed by atoms with Crippen molar-refractivity contribution < 1.29 is 4.79 Å². The third-order valence-corrected chi connectivity index (χ3v) is 5.35. The fraction of sp³-hybridized carbons (Fsp3) is 0.412. The summed E-state index contributed by atoms with van der Waals surface area (Å²) in [7, 11) is 2.16. The zero-order chi connectivity index (χ0) is 15.4. The van der Waals surface area contributed by atoms with Crippen LogP contribution in [0.1, 0.15) is 28.1 Å². The molecule has 1 aromatic carbocycles. The standard InChI is InChI=1S/C17H21N3OS/c1-20-9-7-17(8-10-20,14-5-3-2-4-6-14)12-19-16(21)15-11-18-13-22-15/h2-6,11,13H,7-10,12H2,1H3,(H,19,21). The minimum Gasteiger partial charge on any atom is -0.350 e. The summed E-state index contributed by atoms with van der Waals surface area (Å²) in [6.45, 7) is 2.80. The van der Waals surface area contributed by atoms with Crippen LogP contribution in [0.25, 0.3) is 0 Å². The molecule has 3 rings (SSSR count). The second-order valence-electron chi connectivity index (χ2n) is 6.00. The maximum Gasteiger partial charge on any atom is 0.263 e. The van der Waals surface area contributed by atoms with Crippen LogP contribution in [0.15, 0.2) is 42.0 Å². The Bertz CT molecular complexity index is 604. The first-order chi connectivity index (χ1) is 10.7. The topological polar surface area (TPSA) is 45.2 Å². The number of nitrogens with zero attached hydrogens (tertiary/aromatic N) is 2. The first kappa shape index (κ1) is 15.2. The van der Waals surface area contributed by atoms with Crippen LogP contribution in [-0.4, -0.2) is 42.5 Å². The SMILES string of the molecule is CN1CCC(CNC(=O)c2cncs2)(c2ccccc2)CC1. The lowest BCUT2D eigenvalue weighted by Gasteiger charge is -2.41. The summed E-state index contributed by atoms with van der Waals surface area (Å²) in [4.78, 5) is 19.2. The van der Waals surface area contributed by atoms with Crippen molar-refractivity contribution in [2.45, 2.75) is 18.3 Å². The maximum atomic E-state index is 12.2. The van der Waals surface area contributed by atoms with Gasteiger partial charge in [-0.05, 0) is 38.5 Å². The zero-order valence-corrected chi connectivity index (χ0v) is 13.6. The number of rotatable bonds is 4. The van der Waals surface area contributed by atoms with E-state index < -0.39 is 0 Å². The van der Waals surface area contributed by atoms with Gasteiger partial charge in [0.25, 0.3) is 5.91 Å². The smallest absolute Gasteiger partial charge is 0.263 e. The van der Waals surface area contributed by atoms with E-state index in [-0.39, 0.29) is 11.3 Å². The minimum atomic E-state index is -0.0169. The molecule has 0 saturated carbocycles. The molecule has 22 heavy (non-hydrogen) atoms. The highest BCUT2D eigenvalue weighted by atomic mass is 32.1. The normalized spacial score (nSPS) is 18.0. The number of hydrogen-bond donors (Lipinski definition) is 1. The van der Waals surface area contributed by atoms with Gasteiger partial charge < -0.3 is 10.2 Å². The number of likely N-dealkylation sites (tertiary alicyclic amines) is 1. The average molecular weight is 315 g/mol. The Hall–Kier alpha value is -1.72. The van der Waals surface area contributed by atoms with Crippen molar-refractivity contribution in [2.75, 3.05) is 26.7 Å². The number of thiazole rings is 1. The zero-order valence-electron chi connectivity index (χ0n) is 12.8. The summed E-state index contributed by atoms with van der Waals surface area (Å²) < 4.78 is 0. The molecular formula is C17H21N3OS. The van der Waals surface area contributed by atoms with E-state index >= 15 is 0 Å². The predicted octanol–water partition coefficient (Wildman–Crippen LogP) is 2.54. The number of hydrogen-bond acceptors (Lipinski definition) is 4. The maximum absolute atomic E-state index is 12.2. The molecule has 1 aliphatic rings. The number of aromatic nitrogens is 1. The van der Waals surface area contributed by atoms with E-state index in [1.165, 1.54) is 16.9 Å². The first-order valence-corrected chi connectivity index (χ1v) is 8.48. The highest BCUT2D eigenvalue weighted by Gasteiger charge is 2.35. The first-order valence-electron chi connectivity index (χ1n) is 7.60. The molecule has 2 heterocycles. The molecule has 1 amide bonds. The van der Waals surface area contributed by atoms with Crippen LogP contribution in [0.5, 0.6) is 0 Å². The Balaban J connectivity index is 1.76. The fourth-order valence-electron chi connectivity index (χ4n) is 3.07. The Morgan fingerprint density at radius 3 is 2.68 bits per heavy atom. The van der Waals surface area contributed by atoms with E-state index in [1.54, 1.807) is 11.7 Å². The Labute approximate surface area is 135 Å². The summed E-state index contributed by atoms with van der Waals surface area (Å²) >= 11 is 1.38. The highest BCUT2D eigenvalue weighted by molar-refractivity contribution is 7.11. The highest BCUT2D eigenvalue weighted by Crippen LogP contribution is 2.34. The van der Waals surface area contributed by atoms with Gasteiger partial charge in [0.2, 0.25) is 0 Å². The molecule has 0 bridgehead atoms. The van der Waals surface area contributed by atoms with Gasteiger partial charge >= 0.3 is 0 Å². The largest absolute Gasteiger partial charge is 0.350 e. The molecule has 5 heteroatoms. The molecule has 1 aromatic heterocycles. The molecule has 1 saturated heterocycles. The second kappa shape index (κ2) is 6.58. The number of amides is 1. The van der Waals surface area contributed by atoms with Gasteiger partial charge in [-0.2, -0.15) is 0 Å². The van der Waals surface area contributed by atoms with Gasteiger partial charge in [-0.3, -0.25) is 9.78 Å². The van der Waals surface area contributed by atoms with Gasteiger partial charge in [-0.15, -0.1) is 11.3 Å². The third-order valence-electron chi connectivity index (χ3n) is 4.57. The molecule has 1 fully saturated rings. The molecule has 0 spiro atoms. The van der Waals surface area contributed by atoms with Crippen LogP contribution in [0.4, 0.5) is 0 Å². The van der Waals surface area contributed by atoms with Crippen LogP contribution in [0, 0.1) is 0 Å². The van der Waals surface area contributed by atoms with E-state index in [1.807, 2.05) is 6.07 Å². The van der Waals surface area contributed by atoms with Gasteiger partial charge in [0.05, 0.1) is 11.7 Å². The van der Waals surface area contributed by atoms with Gasteiger partial charge in [-0.1, -0.05) is 30.3 Å². The van der Waals surface area contributed by atoms with Crippen LogP contribution < -0.4 is 5.32 Å². The van der Waals surface area contributed by atoms with Gasteiger partial charge in [-0.25, -0.2) is 0 Å². The van der Waals surface area contributed by atoms with E-state index in [9.17, 15) is 4.79 Å².